The fourth-order valence-electron chi connectivity index (χ4n) is 3.89. The molecule has 0 radical (unpaired) electrons. The van der Waals surface area contributed by atoms with Crippen LogP contribution in [0.5, 0.6) is 11.5 Å². The van der Waals surface area contributed by atoms with Gasteiger partial charge in [0, 0.05) is 0 Å². The molecular formula is C24H20FNO3. The van der Waals surface area contributed by atoms with Gasteiger partial charge in [-0.1, -0.05) is 36.4 Å². The predicted octanol–water partition coefficient (Wildman–Crippen LogP) is 5.20. The summed E-state index contributed by atoms with van der Waals surface area (Å²) in [6.07, 6.45) is 1.44. The van der Waals surface area contributed by atoms with E-state index in [9.17, 15) is 9.18 Å². The minimum absolute atomic E-state index is 0.189. The van der Waals surface area contributed by atoms with Gasteiger partial charge in [-0.05, 0) is 66.3 Å². The molecular weight excluding hydrogens is 369 g/mol. The average molecular weight is 389 g/mol. The Morgan fingerprint density at radius 3 is 2.59 bits per heavy atom. The standard InChI is InChI=1S/C24H20FNO3/c1-15-4-2-3-5-18(15)16-6-8-19(25)20(12-16)26-23(27)24(10-11-24)17-7-9-21-22(13-17)29-14-28-21/h2-9,12-13H,10-11,14H2,1H3,(H,26,27). The fraction of sp³-hybridized carbons (Fsp3) is 0.208. The Bertz CT molecular complexity index is 1120. The van der Waals surface area contributed by atoms with Gasteiger partial charge in [0.1, 0.15) is 5.82 Å². The quantitative estimate of drug-likeness (QED) is 0.667. The van der Waals surface area contributed by atoms with Crippen molar-refractivity contribution in [3.63, 3.8) is 0 Å². The summed E-state index contributed by atoms with van der Waals surface area (Å²) in [5.74, 6) is 0.686. The van der Waals surface area contributed by atoms with Gasteiger partial charge >= 0.3 is 0 Å². The molecule has 0 spiro atoms. The van der Waals surface area contributed by atoms with Crippen molar-refractivity contribution in [2.24, 2.45) is 0 Å². The molecule has 0 bridgehead atoms. The number of benzene rings is 3. The molecule has 0 unspecified atom stereocenters. The number of rotatable bonds is 4. The van der Waals surface area contributed by atoms with Crippen LogP contribution in [0.4, 0.5) is 10.1 Å². The van der Waals surface area contributed by atoms with Crippen molar-refractivity contribution >= 4 is 11.6 Å². The number of anilines is 1. The number of hydrogen-bond donors (Lipinski definition) is 1. The summed E-state index contributed by atoms with van der Waals surface area (Å²) in [6, 6.07) is 18.3. The first-order valence-corrected chi connectivity index (χ1v) is 9.64. The van der Waals surface area contributed by atoms with Gasteiger partial charge in [0.2, 0.25) is 12.7 Å². The Morgan fingerprint density at radius 2 is 1.79 bits per heavy atom. The lowest BCUT2D eigenvalue weighted by molar-refractivity contribution is -0.118. The molecule has 1 fully saturated rings. The first-order valence-electron chi connectivity index (χ1n) is 9.64. The minimum atomic E-state index is -0.647. The van der Waals surface area contributed by atoms with Gasteiger partial charge in [0.25, 0.3) is 0 Å². The smallest absolute Gasteiger partial charge is 0.235 e. The highest BCUT2D eigenvalue weighted by molar-refractivity contribution is 6.02. The molecule has 1 N–H and O–H groups in total. The summed E-state index contributed by atoms with van der Waals surface area (Å²) >= 11 is 0. The van der Waals surface area contributed by atoms with Gasteiger partial charge in [0.05, 0.1) is 11.1 Å². The zero-order chi connectivity index (χ0) is 20.0. The normalized spacial score (nSPS) is 15.8. The van der Waals surface area contributed by atoms with E-state index in [-0.39, 0.29) is 18.4 Å². The van der Waals surface area contributed by atoms with Gasteiger partial charge in [-0.25, -0.2) is 4.39 Å². The van der Waals surface area contributed by atoms with Crippen LogP contribution in [0.3, 0.4) is 0 Å². The minimum Gasteiger partial charge on any atom is -0.454 e. The van der Waals surface area contributed by atoms with Gasteiger partial charge in [-0.3, -0.25) is 4.79 Å². The first kappa shape index (κ1) is 17.7. The molecule has 0 atom stereocenters. The molecule has 3 aromatic rings. The van der Waals surface area contributed by atoms with E-state index in [4.69, 9.17) is 9.47 Å². The van der Waals surface area contributed by atoms with Crippen molar-refractivity contribution in [1.82, 2.24) is 0 Å². The lowest BCUT2D eigenvalue weighted by Gasteiger charge is -2.17. The van der Waals surface area contributed by atoms with Gasteiger partial charge < -0.3 is 14.8 Å². The molecule has 2 aliphatic rings. The second-order valence-corrected chi connectivity index (χ2v) is 7.61. The van der Waals surface area contributed by atoms with E-state index in [1.807, 2.05) is 49.4 Å². The average Bonchev–Trinajstić information content (AvgIpc) is 3.41. The molecule has 1 saturated carbocycles. The maximum atomic E-state index is 14.5. The Labute approximate surface area is 168 Å². The Balaban J connectivity index is 1.44. The zero-order valence-corrected chi connectivity index (χ0v) is 16.0. The van der Waals surface area contributed by atoms with E-state index in [0.717, 1.165) is 35.1 Å². The van der Waals surface area contributed by atoms with Gasteiger partial charge in [-0.2, -0.15) is 0 Å². The molecule has 4 nitrogen and oxygen atoms in total. The number of carbonyl (C=O) groups excluding carboxylic acids is 1. The van der Waals surface area contributed by atoms with Crippen LogP contribution in [0.15, 0.2) is 60.7 Å². The van der Waals surface area contributed by atoms with Crippen LogP contribution in [-0.4, -0.2) is 12.7 Å². The van der Waals surface area contributed by atoms with Crippen molar-refractivity contribution in [2.45, 2.75) is 25.2 Å². The molecule has 1 heterocycles. The second kappa shape index (κ2) is 6.62. The summed E-state index contributed by atoms with van der Waals surface area (Å²) in [5.41, 5.74) is 3.40. The molecule has 29 heavy (non-hydrogen) atoms. The van der Waals surface area contributed by atoms with E-state index < -0.39 is 11.2 Å². The number of aryl methyl sites for hydroxylation is 1. The maximum Gasteiger partial charge on any atom is 0.235 e. The third-order valence-electron chi connectivity index (χ3n) is 5.78. The van der Waals surface area contributed by atoms with E-state index >= 15 is 0 Å². The van der Waals surface area contributed by atoms with E-state index in [1.54, 1.807) is 12.1 Å². The van der Waals surface area contributed by atoms with Crippen LogP contribution in [-0.2, 0) is 10.2 Å². The van der Waals surface area contributed by atoms with E-state index in [1.165, 1.54) is 6.07 Å². The number of ether oxygens (including phenoxy) is 2. The van der Waals surface area contributed by atoms with E-state index in [2.05, 4.69) is 5.32 Å². The zero-order valence-electron chi connectivity index (χ0n) is 16.0. The molecule has 5 rings (SSSR count). The largest absolute Gasteiger partial charge is 0.454 e. The van der Waals surface area contributed by atoms with Crippen molar-refractivity contribution in [1.29, 1.82) is 0 Å². The van der Waals surface area contributed by atoms with Crippen molar-refractivity contribution in [3.8, 4) is 22.6 Å². The van der Waals surface area contributed by atoms with Gasteiger partial charge in [-0.15, -0.1) is 0 Å². The lowest BCUT2D eigenvalue weighted by atomic mass is 9.94. The number of halogens is 1. The summed E-state index contributed by atoms with van der Waals surface area (Å²) in [6.45, 7) is 2.20. The lowest BCUT2D eigenvalue weighted by Crippen LogP contribution is -2.28. The second-order valence-electron chi connectivity index (χ2n) is 7.61. The van der Waals surface area contributed by atoms with Crippen molar-refractivity contribution in [3.05, 3.63) is 77.6 Å². The summed E-state index contributed by atoms with van der Waals surface area (Å²) in [7, 11) is 0. The number of nitrogens with one attached hydrogen (secondary N) is 1. The highest BCUT2D eigenvalue weighted by Gasteiger charge is 2.51. The SMILES string of the molecule is Cc1ccccc1-c1ccc(F)c(NC(=O)C2(c3ccc4c(c3)OCO4)CC2)c1. The summed E-state index contributed by atoms with van der Waals surface area (Å²) < 4.78 is 25.3. The van der Waals surface area contributed by atoms with Gasteiger partial charge in [0.15, 0.2) is 11.5 Å². The topological polar surface area (TPSA) is 47.6 Å². The fourth-order valence-corrected chi connectivity index (χ4v) is 3.89. The first-order chi connectivity index (χ1) is 14.1. The molecule has 1 aliphatic carbocycles. The molecule has 0 aromatic heterocycles. The van der Waals surface area contributed by atoms with Crippen LogP contribution in [0.25, 0.3) is 11.1 Å². The Kier molecular flexibility index (Phi) is 4.05. The van der Waals surface area contributed by atoms with Crippen molar-refractivity contribution < 1.29 is 18.7 Å². The number of hydrogen-bond acceptors (Lipinski definition) is 3. The molecule has 1 amide bonds. The molecule has 146 valence electrons. The molecule has 0 saturated heterocycles. The highest BCUT2D eigenvalue weighted by atomic mass is 19.1. The van der Waals surface area contributed by atoms with Crippen LogP contribution < -0.4 is 14.8 Å². The van der Waals surface area contributed by atoms with Crippen LogP contribution >= 0.6 is 0 Å². The van der Waals surface area contributed by atoms with Crippen molar-refractivity contribution in [2.75, 3.05) is 12.1 Å². The van der Waals surface area contributed by atoms with Crippen LogP contribution in [0.2, 0.25) is 0 Å². The van der Waals surface area contributed by atoms with E-state index in [0.29, 0.717) is 11.5 Å². The summed E-state index contributed by atoms with van der Waals surface area (Å²) in [4.78, 5) is 13.1. The molecule has 5 heteroatoms. The number of amides is 1. The molecule has 1 aliphatic heterocycles. The Morgan fingerprint density at radius 1 is 1.00 bits per heavy atom. The third-order valence-corrected chi connectivity index (χ3v) is 5.78. The highest BCUT2D eigenvalue weighted by Crippen LogP contribution is 2.51. The van der Waals surface area contributed by atoms with Crippen LogP contribution in [0.1, 0.15) is 24.0 Å². The number of fused-ring (bicyclic) bond motifs is 1. The molecule has 3 aromatic carbocycles. The third kappa shape index (κ3) is 3.03. The Hall–Kier alpha value is -3.34. The summed E-state index contributed by atoms with van der Waals surface area (Å²) in [5, 5.41) is 2.82. The number of carbonyl (C=O) groups is 1. The van der Waals surface area contributed by atoms with Crippen LogP contribution in [0, 0.1) is 12.7 Å². The monoisotopic (exact) mass is 389 g/mol. The maximum absolute atomic E-state index is 14.5. The predicted molar refractivity (Wildman–Crippen MR) is 109 cm³/mol.